The molecule has 0 amide bonds. The first-order chi connectivity index (χ1) is 12.1. The quantitative estimate of drug-likeness (QED) is 0.775. The molecule has 0 unspecified atom stereocenters. The van der Waals surface area contributed by atoms with Gasteiger partial charge in [0, 0.05) is 11.9 Å². The molecule has 1 N–H and O–H groups in total. The summed E-state index contributed by atoms with van der Waals surface area (Å²) in [6.07, 6.45) is 3.57. The Morgan fingerprint density at radius 3 is 2.60 bits per heavy atom. The molecule has 0 saturated heterocycles. The van der Waals surface area contributed by atoms with Gasteiger partial charge in [0.25, 0.3) is 10.0 Å². The van der Waals surface area contributed by atoms with Crippen LogP contribution in [0.4, 0.5) is 11.4 Å². The zero-order chi connectivity index (χ0) is 17.4. The standard InChI is InChI=1S/C19H15N2O3S/c22-21-13-5-9-15-8-3-11-17(19(15)21)20-25(23,24)18-12-4-7-14-6-1-2-10-16(14)18/h1-12,20H,13H2/q-1. The van der Waals surface area contributed by atoms with Crippen molar-refractivity contribution >= 4 is 38.2 Å². The number of hydrogen-bond donors (Lipinski definition) is 1. The number of rotatable bonds is 3. The highest BCUT2D eigenvalue weighted by Gasteiger charge is 2.20. The molecule has 0 atom stereocenters. The third-order valence-electron chi connectivity index (χ3n) is 4.17. The largest absolute Gasteiger partial charge is 0.758 e. The third-order valence-corrected chi connectivity index (χ3v) is 5.59. The van der Waals surface area contributed by atoms with Crippen molar-refractivity contribution in [3.05, 3.63) is 77.5 Å². The summed E-state index contributed by atoms with van der Waals surface area (Å²) in [5, 5.41) is 14.4. The Morgan fingerprint density at radius 1 is 0.960 bits per heavy atom. The maximum atomic E-state index is 13.0. The molecule has 4 rings (SSSR count). The molecule has 0 bridgehead atoms. The van der Waals surface area contributed by atoms with Crippen molar-refractivity contribution in [2.45, 2.75) is 4.90 Å². The lowest BCUT2D eigenvalue weighted by Crippen LogP contribution is -2.22. The van der Waals surface area contributed by atoms with E-state index in [4.69, 9.17) is 0 Å². The van der Waals surface area contributed by atoms with Crippen LogP contribution in [0.25, 0.3) is 16.8 Å². The topological polar surface area (TPSA) is 72.5 Å². The molecule has 1 aliphatic heterocycles. The van der Waals surface area contributed by atoms with Gasteiger partial charge in [0.1, 0.15) is 0 Å². The van der Waals surface area contributed by atoms with Gasteiger partial charge in [-0.2, -0.15) is 0 Å². The summed E-state index contributed by atoms with van der Waals surface area (Å²) in [6.45, 7) is 0.194. The second-order valence-corrected chi connectivity index (χ2v) is 7.44. The molecule has 0 radical (unpaired) electrons. The van der Waals surface area contributed by atoms with Crippen LogP contribution < -0.4 is 9.79 Å². The van der Waals surface area contributed by atoms with Gasteiger partial charge >= 0.3 is 0 Å². The van der Waals surface area contributed by atoms with E-state index in [0.717, 1.165) is 10.4 Å². The average Bonchev–Trinajstić information content (AvgIpc) is 2.61. The van der Waals surface area contributed by atoms with Crippen LogP contribution in [0.15, 0.2) is 71.6 Å². The first-order valence-corrected chi connectivity index (χ1v) is 9.29. The lowest BCUT2D eigenvalue weighted by molar-refractivity contribution is 0.602. The number of nitrogens with zero attached hydrogens (tertiary/aromatic N) is 1. The van der Waals surface area contributed by atoms with Gasteiger partial charge in [-0.3, -0.25) is 4.72 Å². The number of hydroxylamine groups is 1. The molecule has 3 aromatic rings. The van der Waals surface area contributed by atoms with Crippen LogP contribution in [-0.2, 0) is 10.0 Å². The maximum absolute atomic E-state index is 13.0. The van der Waals surface area contributed by atoms with Crippen molar-refractivity contribution in [3.63, 3.8) is 0 Å². The number of nitrogens with one attached hydrogen (secondary N) is 1. The van der Waals surface area contributed by atoms with Crippen LogP contribution in [0.3, 0.4) is 0 Å². The molecule has 3 aromatic carbocycles. The highest BCUT2D eigenvalue weighted by atomic mass is 32.2. The normalized spacial score (nSPS) is 13.7. The molecule has 1 aliphatic rings. The Labute approximate surface area is 145 Å². The predicted octanol–water partition coefficient (Wildman–Crippen LogP) is 3.97. The summed E-state index contributed by atoms with van der Waals surface area (Å²) < 4.78 is 28.5. The predicted molar refractivity (Wildman–Crippen MR) is 101 cm³/mol. The zero-order valence-electron chi connectivity index (χ0n) is 13.2. The van der Waals surface area contributed by atoms with Crippen LogP contribution in [0.5, 0.6) is 0 Å². The van der Waals surface area contributed by atoms with Crippen molar-refractivity contribution in [2.75, 3.05) is 16.3 Å². The molecular weight excluding hydrogens is 336 g/mol. The number of anilines is 2. The first-order valence-electron chi connectivity index (χ1n) is 7.81. The van der Waals surface area contributed by atoms with Gasteiger partial charge in [0.15, 0.2) is 0 Å². The lowest BCUT2D eigenvalue weighted by atomic mass is 10.1. The molecule has 0 saturated carbocycles. The smallest absolute Gasteiger partial charge is 0.262 e. The second kappa shape index (κ2) is 5.91. The van der Waals surface area contributed by atoms with Crippen molar-refractivity contribution < 1.29 is 8.42 Å². The molecular formula is C19H15N2O3S-. The van der Waals surface area contributed by atoms with Crippen molar-refractivity contribution in [1.29, 1.82) is 0 Å². The van der Waals surface area contributed by atoms with Gasteiger partial charge in [-0.1, -0.05) is 60.7 Å². The lowest BCUT2D eigenvalue weighted by Gasteiger charge is -2.35. The highest BCUT2D eigenvalue weighted by molar-refractivity contribution is 7.93. The molecule has 25 heavy (non-hydrogen) atoms. The molecule has 0 aromatic heterocycles. The number of hydrogen-bond acceptors (Lipinski definition) is 4. The Balaban J connectivity index is 1.82. The van der Waals surface area contributed by atoms with Gasteiger partial charge in [-0.05, 0) is 23.1 Å². The average molecular weight is 351 g/mol. The maximum Gasteiger partial charge on any atom is 0.262 e. The number of benzene rings is 3. The van der Waals surface area contributed by atoms with E-state index in [1.165, 1.54) is 0 Å². The van der Waals surface area contributed by atoms with Crippen LogP contribution in [0.1, 0.15) is 5.56 Å². The van der Waals surface area contributed by atoms with Crippen molar-refractivity contribution in [1.82, 2.24) is 0 Å². The molecule has 6 heteroatoms. The van der Waals surface area contributed by atoms with Crippen LogP contribution >= 0.6 is 0 Å². The van der Waals surface area contributed by atoms with Gasteiger partial charge in [0.2, 0.25) is 0 Å². The van der Waals surface area contributed by atoms with Crippen LogP contribution in [0, 0.1) is 5.21 Å². The van der Waals surface area contributed by atoms with Gasteiger partial charge in [-0.15, -0.1) is 0 Å². The summed E-state index contributed by atoms with van der Waals surface area (Å²) in [4.78, 5) is 0.187. The summed E-state index contributed by atoms with van der Waals surface area (Å²) in [5.74, 6) is 0. The number of para-hydroxylation sites is 1. The fourth-order valence-electron chi connectivity index (χ4n) is 3.05. The summed E-state index contributed by atoms with van der Waals surface area (Å²) in [7, 11) is -3.84. The summed E-state index contributed by atoms with van der Waals surface area (Å²) >= 11 is 0. The molecule has 1 heterocycles. The summed E-state index contributed by atoms with van der Waals surface area (Å²) in [5.41, 5.74) is 1.32. The van der Waals surface area contributed by atoms with Gasteiger partial charge < -0.3 is 10.3 Å². The van der Waals surface area contributed by atoms with Crippen LogP contribution in [0.2, 0.25) is 0 Å². The minimum atomic E-state index is -3.84. The Hall–Kier alpha value is -2.83. The van der Waals surface area contributed by atoms with Gasteiger partial charge in [-0.25, -0.2) is 8.42 Å². The van der Waals surface area contributed by atoms with Crippen LogP contribution in [-0.4, -0.2) is 15.0 Å². The second-order valence-electron chi connectivity index (χ2n) is 5.79. The van der Waals surface area contributed by atoms with E-state index in [-0.39, 0.29) is 17.1 Å². The molecule has 126 valence electrons. The minimum Gasteiger partial charge on any atom is -0.758 e. The zero-order valence-corrected chi connectivity index (χ0v) is 14.0. The van der Waals surface area contributed by atoms with E-state index in [2.05, 4.69) is 4.72 Å². The third kappa shape index (κ3) is 2.75. The van der Waals surface area contributed by atoms with E-state index in [1.54, 1.807) is 48.5 Å². The van der Waals surface area contributed by atoms with E-state index in [0.29, 0.717) is 16.6 Å². The monoisotopic (exact) mass is 351 g/mol. The van der Waals surface area contributed by atoms with Gasteiger partial charge in [0.05, 0.1) is 16.3 Å². The Bertz CT molecular complexity index is 1090. The fourth-order valence-corrected chi connectivity index (χ4v) is 4.35. The van der Waals surface area contributed by atoms with E-state index in [1.807, 2.05) is 24.3 Å². The SMILES string of the molecule is O=S(=O)(Nc1cccc2c1N([O-])CC=C2)c1cccc2ccccc12. The fraction of sp³-hybridized carbons (Fsp3) is 0.0526. The molecule has 0 aliphatic carbocycles. The van der Waals surface area contributed by atoms with E-state index < -0.39 is 10.0 Å². The van der Waals surface area contributed by atoms with E-state index >= 15 is 0 Å². The van der Waals surface area contributed by atoms with Crippen molar-refractivity contribution in [3.8, 4) is 0 Å². The minimum absolute atomic E-state index is 0.187. The molecule has 0 spiro atoms. The Morgan fingerprint density at radius 2 is 1.72 bits per heavy atom. The first kappa shape index (κ1) is 15.7. The van der Waals surface area contributed by atoms with Crippen molar-refractivity contribution in [2.24, 2.45) is 0 Å². The molecule has 0 fully saturated rings. The number of sulfonamides is 1. The number of fused-ring (bicyclic) bond motifs is 2. The van der Waals surface area contributed by atoms with E-state index in [9.17, 15) is 13.6 Å². The Kier molecular flexibility index (Phi) is 3.71. The highest BCUT2D eigenvalue weighted by Crippen LogP contribution is 2.35. The molecule has 5 nitrogen and oxygen atoms in total. The summed E-state index contributed by atoms with van der Waals surface area (Å²) in [6, 6.07) is 17.5.